The zero-order valence-corrected chi connectivity index (χ0v) is 13.9. The Labute approximate surface area is 136 Å². The summed E-state index contributed by atoms with van der Waals surface area (Å²) in [4.78, 5) is 14.8. The van der Waals surface area contributed by atoms with E-state index in [0.717, 1.165) is 47.7 Å². The average molecular weight is 321 g/mol. The van der Waals surface area contributed by atoms with Gasteiger partial charge in [-0.25, -0.2) is 0 Å². The number of carbonyl (C=O) groups is 1. The van der Waals surface area contributed by atoms with Crippen LogP contribution in [0.25, 0.3) is 0 Å². The summed E-state index contributed by atoms with van der Waals surface area (Å²) in [6.45, 7) is 4.53. The minimum atomic E-state index is 0. The molecular formula is C16H21ClN4O. The number of benzene rings is 1. The highest BCUT2D eigenvalue weighted by Gasteiger charge is 2.28. The SMILES string of the molecule is Cc1nn(C)c(C)c1C(=O)N1CCCc2c(N)cccc21.Cl. The molecule has 2 aromatic rings. The first-order valence-corrected chi connectivity index (χ1v) is 7.20. The lowest BCUT2D eigenvalue weighted by atomic mass is 9.99. The van der Waals surface area contributed by atoms with Crippen LogP contribution in [0.4, 0.5) is 11.4 Å². The number of hydrogen-bond acceptors (Lipinski definition) is 3. The minimum absolute atomic E-state index is 0. The smallest absolute Gasteiger partial charge is 0.262 e. The van der Waals surface area contributed by atoms with E-state index in [1.807, 2.05) is 44.0 Å². The van der Waals surface area contributed by atoms with Crippen LogP contribution in [-0.2, 0) is 13.5 Å². The summed E-state index contributed by atoms with van der Waals surface area (Å²) >= 11 is 0. The third-order valence-electron chi connectivity index (χ3n) is 4.25. The largest absolute Gasteiger partial charge is 0.398 e. The predicted molar refractivity (Wildman–Crippen MR) is 90.8 cm³/mol. The fourth-order valence-electron chi connectivity index (χ4n) is 3.08. The topological polar surface area (TPSA) is 64.2 Å². The molecule has 0 radical (unpaired) electrons. The summed E-state index contributed by atoms with van der Waals surface area (Å²) in [5.74, 6) is 0.0182. The minimum Gasteiger partial charge on any atom is -0.398 e. The lowest BCUT2D eigenvalue weighted by Gasteiger charge is -2.30. The van der Waals surface area contributed by atoms with E-state index in [2.05, 4.69) is 5.10 Å². The number of fused-ring (bicyclic) bond motifs is 1. The number of anilines is 2. The Morgan fingerprint density at radius 3 is 2.68 bits per heavy atom. The maximum atomic E-state index is 13.0. The maximum absolute atomic E-state index is 13.0. The van der Waals surface area contributed by atoms with Gasteiger partial charge >= 0.3 is 0 Å². The van der Waals surface area contributed by atoms with E-state index >= 15 is 0 Å². The monoisotopic (exact) mass is 320 g/mol. The highest BCUT2D eigenvalue weighted by molar-refractivity contribution is 6.08. The Kier molecular flexibility index (Phi) is 4.47. The first kappa shape index (κ1) is 16.4. The van der Waals surface area contributed by atoms with Crippen molar-refractivity contribution in [3.05, 3.63) is 40.7 Å². The Morgan fingerprint density at radius 1 is 1.32 bits per heavy atom. The molecule has 0 aliphatic carbocycles. The van der Waals surface area contributed by atoms with Crippen LogP contribution >= 0.6 is 12.4 Å². The van der Waals surface area contributed by atoms with E-state index in [9.17, 15) is 4.79 Å². The molecule has 5 nitrogen and oxygen atoms in total. The van der Waals surface area contributed by atoms with Gasteiger partial charge in [0.05, 0.1) is 11.3 Å². The number of nitrogen functional groups attached to an aromatic ring is 1. The lowest BCUT2D eigenvalue weighted by molar-refractivity contribution is 0.0984. The molecule has 0 fully saturated rings. The zero-order chi connectivity index (χ0) is 15.1. The van der Waals surface area contributed by atoms with Gasteiger partial charge in [0.2, 0.25) is 0 Å². The third kappa shape index (κ3) is 2.46. The van der Waals surface area contributed by atoms with Crippen LogP contribution < -0.4 is 10.6 Å². The van der Waals surface area contributed by atoms with E-state index in [4.69, 9.17) is 5.73 Å². The van der Waals surface area contributed by atoms with E-state index in [-0.39, 0.29) is 18.3 Å². The molecular weight excluding hydrogens is 300 g/mol. The molecule has 2 N–H and O–H groups in total. The number of carbonyl (C=O) groups excluding carboxylic acids is 1. The first-order valence-electron chi connectivity index (χ1n) is 7.20. The molecule has 0 spiro atoms. The summed E-state index contributed by atoms with van der Waals surface area (Å²) in [5, 5.41) is 4.34. The number of amides is 1. The van der Waals surface area contributed by atoms with Crippen molar-refractivity contribution in [2.24, 2.45) is 7.05 Å². The second-order valence-electron chi connectivity index (χ2n) is 5.57. The number of rotatable bonds is 1. The summed E-state index contributed by atoms with van der Waals surface area (Å²) in [6.07, 6.45) is 1.86. The van der Waals surface area contributed by atoms with Crippen LogP contribution in [0, 0.1) is 13.8 Å². The third-order valence-corrected chi connectivity index (χ3v) is 4.25. The summed E-state index contributed by atoms with van der Waals surface area (Å²) in [6, 6.07) is 5.78. The molecule has 6 heteroatoms. The second kappa shape index (κ2) is 6.01. The van der Waals surface area contributed by atoms with E-state index < -0.39 is 0 Å². The van der Waals surface area contributed by atoms with Crippen molar-refractivity contribution in [2.45, 2.75) is 26.7 Å². The second-order valence-corrected chi connectivity index (χ2v) is 5.57. The number of nitrogens with zero attached hydrogens (tertiary/aromatic N) is 3. The molecule has 1 aromatic carbocycles. The van der Waals surface area contributed by atoms with Gasteiger partial charge in [-0.3, -0.25) is 9.48 Å². The molecule has 118 valence electrons. The van der Waals surface area contributed by atoms with Crippen LogP contribution in [0.5, 0.6) is 0 Å². The van der Waals surface area contributed by atoms with Gasteiger partial charge in [-0.05, 0) is 44.4 Å². The molecule has 1 aromatic heterocycles. The van der Waals surface area contributed by atoms with Gasteiger partial charge in [0.1, 0.15) is 0 Å². The summed E-state index contributed by atoms with van der Waals surface area (Å²) in [5.41, 5.74) is 11.2. The van der Waals surface area contributed by atoms with Crippen molar-refractivity contribution in [3.8, 4) is 0 Å². The zero-order valence-electron chi connectivity index (χ0n) is 13.1. The van der Waals surface area contributed by atoms with Crippen molar-refractivity contribution < 1.29 is 4.79 Å². The molecule has 3 rings (SSSR count). The molecule has 0 atom stereocenters. The molecule has 0 saturated carbocycles. The molecule has 0 saturated heterocycles. The van der Waals surface area contributed by atoms with Crippen LogP contribution in [-0.4, -0.2) is 22.2 Å². The van der Waals surface area contributed by atoms with Gasteiger partial charge in [0.25, 0.3) is 5.91 Å². The highest BCUT2D eigenvalue weighted by atomic mass is 35.5. The fraction of sp³-hybridized carbons (Fsp3) is 0.375. The van der Waals surface area contributed by atoms with Crippen molar-refractivity contribution >= 4 is 29.7 Å². The van der Waals surface area contributed by atoms with Gasteiger partial charge in [0, 0.05) is 30.7 Å². The molecule has 1 aliphatic rings. The summed E-state index contributed by atoms with van der Waals surface area (Å²) in [7, 11) is 1.86. The van der Waals surface area contributed by atoms with E-state index in [1.165, 1.54) is 0 Å². The Morgan fingerprint density at radius 2 is 2.05 bits per heavy atom. The maximum Gasteiger partial charge on any atom is 0.262 e. The van der Waals surface area contributed by atoms with Crippen LogP contribution in [0.2, 0.25) is 0 Å². The Hall–Kier alpha value is -2.01. The number of halogens is 1. The normalized spacial score (nSPS) is 13.5. The molecule has 0 bridgehead atoms. The van der Waals surface area contributed by atoms with Crippen molar-refractivity contribution in [1.82, 2.24) is 9.78 Å². The molecule has 0 unspecified atom stereocenters. The van der Waals surface area contributed by atoms with Crippen molar-refractivity contribution in [3.63, 3.8) is 0 Å². The van der Waals surface area contributed by atoms with Crippen molar-refractivity contribution in [1.29, 1.82) is 0 Å². The lowest BCUT2D eigenvalue weighted by Crippen LogP contribution is -2.36. The highest BCUT2D eigenvalue weighted by Crippen LogP contribution is 2.32. The summed E-state index contributed by atoms with van der Waals surface area (Å²) < 4.78 is 1.76. The number of nitrogens with two attached hydrogens (primary N) is 1. The van der Waals surface area contributed by atoms with E-state index in [1.54, 1.807) is 4.68 Å². The standard InChI is InChI=1S/C16H20N4O.ClH/c1-10-15(11(2)19(3)18-10)16(21)20-9-5-6-12-13(17)7-4-8-14(12)20;/h4,7-8H,5-6,9,17H2,1-3H3;1H. The predicted octanol–water partition coefficient (Wildman–Crippen LogP) is 2.63. The van der Waals surface area contributed by atoms with Crippen LogP contribution in [0.15, 0.2) is 18.2 Å². The van der Waals surface area contributed by atoms with Gasteiger partial charge in [-0.2, -0.15) is 5.10 Å². The molecule has 1 amide bonds. The van der Waals surface area contributed by atoms with E-state index in [0.29, 0.717) is 5.56 Å². The van der Waals surface area contributed by atoms with Gasteiger partial charge in [0.15, 0.2) is 0 Å². The number of hydrogen-bond donors (Lipinski definition) is 1. The van der Waals surface area contributed by atoms with Crippen LogP contribution in [0.3, 0.4) is 0 Å². The quantitative estimate of drug-likeness (QED) is 0.821. The van der Waals surface area contributed by atoms with Gasteiger partial charge in [-0.15, -0.1) is 12.4 Å². The molecule has 2 heterocycles. The van der Waals surface area contributed by atoms with Crippen molar-refractivity contribution in [2.75, 3.05) is 17.2 Å². The fourth-order valence-corrected chi connectivity index (χ4v) is 3.08. The average Bonchev–Trinajstić information content (AvgIpc) is 2.71. The number of aryl methyl sites for hydroxylation is 2. The van der Waals surface area contributed by atoms with Gasteiger partial charge < -0.3 is 10.6 Å². The van der Waals surface area contributed by atoms with Gasteiger partial charge in [-0.1, -0.05) is 6.07 Å². The number of aromatic nitrogens is 2. The molecule has 22 heavy (non-hydrogen) atoms. The Bertz CT molecular complexity index is 723. The molecule has 1 aliphatic heterocycles. The Balaban J connectivity index is 0.00000176. The first-order chi connectivity index (χ1) is 10.0. The van der Waals surface area contributed by atoms with Crippen LogP contribution in [0.1, 0.15) is 33.7 Å².